The molecule has 0 unspecified atom stereocenters. The fourth-order valence-corrected chi connectivity index (χ4v) is 2.72. The molecule has 2 aromatic rings. The van der Waals surface area contributed by atoms with E-state index in [2.05, 4.69) is 0 Å². The lowest BCUT2D eigenvalue weighted by atomic mass is 10.1. The highest BCUT2D eigenvalue weighted by Gasteiger charge is 2.13. The first-order valence-electron chi connectivity index (χ1n) is 7.61. The van der Waals surface area contributed by atoms with Crippen molar-refractivity contribution in [3.63, 3.8) is 0 Å². The Labute approximate surface area is 149 Å². The molecule has 132 valence electrons. The summed E-state index contributed by atoms with van der Waals surface area (Å²) in [6.07, 6.45) is 3.12. The topological polar surface area (TPSA) is 35.5 Å². The molecule has 0 atom stereocenters. The molecule has 0 spiro atoms. The van der Waals surface area contributed by atoms with Gasteiger partial charge in [-0.1, -0.05) is 30.0 Å². The predicted octanol–water partition coefficient (Wildman–Crippen LogP) is 5.30. The Bertz CT molecular complexity index is 743. The van der Waals surface area contributed by atoms with Gasteiger partial charge in [0.15, 0.2) is 5.78 Å². The highest BCUT2D eigenvalue weighted by molar-refractivity contribution is 7.99. The van der Waals surface area contributed by atoms with Crippen LogP contribution in [-0.4, -0.2) is 25.3 Å². The second-order valence-corrected chi connectivity index (χ2v) is 5.98. The van der Waals surface area contributed by atoms with E-state index in [0.717, 1.165) is 11.3 Å². The van der Waals surface area contributed by atoms with Gasteiger partial charge < -0.3 is 9.47 Å². The van der Waals surface area contributed by atoms with Crippen LogP contribution in [0.2, 0.25) is 0 Å². The van der Waals surface area contributed by atoms with Crippen LogP contribution in [-0.2, 0) is 0 Å². The minimum absolute atomic E-state index is 0.235. The third-order valence-corrected chi connectivity index (χ3v) is 4.05. The number of ether oxygens (including phenoxy) is 2. The molecule has 0 amide bonds. The molecule has 0 bridgehead atoms. The molecule has 0 aliphatic carbocycles. The van der Waals surface area contributed by atoms with Gasteiger partial charge in [-0.05, 0) is 48.9 Å². The first-order chi connectivity index (χ1) is 12.0. The van der Waals surface area contributed by atoms with Crippen molar-refractivity contribution < 1.29 is 23.0 Å². The van der Waals surface area contributed by atoms with Gasteiger partial charge in [-0.25, -0.2) is 0 Å². The van der Waals surface area contributed by atoms with Crippen molar-refractivity contribution in [3.05, 3.63) is 59.7 Å². The molecule has 0 saturated carbocycles. The van der Waals surface area contributed by atoms with Gasteiger partial charge in [-0.15, -0.1) is 0 Å². The Morgan fingerprint density at radius 1 is 1.20 bits per heavy atom. The van der Waals surface area contributed by atoms with Crippen LogP contribution in [0.15, 0.2) is 53.4 Å². The van der Waals surface area contributed by atoms with Gasteiger partial charge in [-0.3, -0.25) is 4.79 Å². The van der Waals surface area contributed by atoms with E-state index in [4.69, 9.17) is 9.47 Å². The number of thioether (sulfide) groups is 1. The monoisotopic (exact) mass is 364 g/mol. The van der Waals surface area contributed by atoms with Crippen molar-refractivity contribution >= 4 is 23.6 Å². The smallest absolute Gasteiger partial charge is 0.289 e. The number of allylic oxidation sites excluding steroid dienone is 1. The zero-order valence-electron chi connectivity index (χ0n) is 13.9. The van der Waals surface area contributed by atoms with E-state index in [-0.39, 0.29) is 11.5 Å². The Morgan fingerprint density at radius 3 is 2.52 bits per heavy atom. The predicted molar refractivity (Wildman–Crippen MR) is 95.8 cm³/mol. The van der Waals surface area contributed by atoms with Gasteiger partial charge in [0.25, 0.3) is 5.76 Å². The molecule has 6 heteroatoms. The van der Waals surface area contributed by atoms with E-state index in [1.165, 1.54) is 31.4 Å². The number of ketones is 1. The maximum absolute atomic E-state index is 12.5. The molecule has 0 aromatic heterocycles. The van der Waals surface area contributed by atoms with Crippen molar-refractivity contribution in [2.24, 2.45) is 0 Å². The van der Waals surface area contributed by atoms with E-state index in [0.29, 0.717) is 28.8 Å². The summed E-state index contributed by atoms with van der Waals surface area (Å²) < 4.78 is 35.5. The zero-order valence-corrected chi connectivity index (χ0v) is 14.7. The summed E-state index contributed by atoms with van der Waals surface area (Å²) in [6.45, 7) is 2.50. The lowest BCUT2D eigenvalue weighted by molar-refractivity contribution is 0.104. The fourth-order valence-electron chi connectivity index (χ4n) is 2.12. The Kier molecular flexibility index (Phi) is 7.01. The SMILES string of the molecule is CCOc1ccc(C=CC(=O)c2ccc(SC(F)F)c(OC)c2)cc1. The van der Waals surface area contributed by atoms with E-state index < -0.39 is 5.76 Å². The van der Waals surface area contributed by atoms with E-state index in [1.807, 2.05) is 31.2 Å². The van der Waals surface area contributed by atoms with Crippen molar-refractivity contribution in [1.29, 1.82) is 0 Å². The van der Waals surface area contributed by atoms with Gasteiger partial charge >= 0.3 is 0 Å². The maximum Gasteiger partial charge on any atom is 0.289 e. The molecule has 2 aromatic carbocycles. The van der Waals surface area contributed by atoms with Crippen molar-refractivity contribution in [3.8, 4) is 11.5 Å². The van der Waals surface area contributed by atoms with E-state index >= 15 is 0 Å². The van der Waals surface area contributed by atoms with E-state index in [9.17, 15) is 13.6 Å². The summed E-state index contributed by atoms with van der Waals surface area (Å²) in [5, 5.41) is 0. The number of halogens is 2. The van der Waals surface area contributed by atoms with Gasteiger partial charge in [-0.2, -0.15) is 8.78 Å². The van der Waals surface area contributed by atoms with Gasteiger partial charge in [0.05, 0.1) is 18.6 Å². The third-order valence-electron chi connectivity index (χ3n) is 3.28. The molecule has 0 radical (unpaired) electrons. The second-order valence-electron chi connectivity index (χ2n) is 4.94. The largest absolute Gasteiger partial charge is 0.496 e. The quantitative estimate of drug-likeness (QED) is 0.361. The number of carbonyl (C=O) groups is 1. The minimum Gasteiger partial charge on any atom is -0.496 e. The van der Waals surface area contributed by atoms with Gasteiger partial charge in [0, 0.05) is 5.56 Å². The Morgan fingerprint density at radius 2 is 1.92 bits per heavy atom. The van der Waals surface area contributed by atoms with Crippen LogP contribution in [0.4, 0.5) is 8.78 Å². The van der Waals surface area contributed by atoms with E-state index in [1.54, 1.807) is 6.08 Å². The number of benzene rings is 2. The molecule has 0 aliphatic heterocycles. The maximum atomic E-state index is 12.5. The van der Waals surface area contributed by atoms with Crippen LogP contribution in [0.1, 0.15) is 22.8 Å². The molecule has 0 fully saturated rings. The summed E-state index contributed by atoms with van der Waals surface area (Å²) in [4.78, 5) is 12.6. The Balaban J connectivity index is 2.11. The number of methoxy groups -OCH3 is 1. The fraction of sp³-hybridized carbons (Fsp3) is 0.211. The summed E-state index contributed by atoms with van der Waals surface area (Å²) in [7, 11) is 1.38. The molecule has 0 saturated heterocycles. The molecule has 0 N–H and O–H groups in total. The molecule has 0 heterocycles. The molecule has 2 rings (SSSR count). The molecule has 3 nitrogen and oxygen atoms in total. The van der Waals surface area contributed by atoms with Gasteiger partial charge in [0.2, 0.25) is 0 Å². The number of rotatable bonds is 8. The third kappa shape index (κ3) is 5.60. The standard InChI is InChI=1S/C19H18F2O3S/c1-3-24-15-8-4-13(5-9-15)6-10-16(22)14-7-11-18(25-19(20)21)17(12-14)23-2/h4-12,19H,3H2,1-2H3. The van der Waals surface area contributed by atoms with Crippen LogP contribution >= 0.6 is 11.8 Å². The molecule has 25 heavy (non-hydrogen) atoms. The number of carbonyl (C=O) groups excluding carboxylic acids is 1. The molecular formula is C19H18F2O3S. The lowest BCUT2D eigenvalue weighted by Crippen LogP contribution is -1.97. The van der Waals surface area contributed by atoms with Crippen LogP contribution in [0.5, 0.6) is 11.5 Å². The lowest BCUT2D eigenvalue weighted by Gasteiger charge is -2.08. The van der Waals surface area contributed by atoms with Crippen LogP contribution < -0.4 is 9.47 Å². The highest BCUT2D eigenvalue weighted by Crippen LogP contribution is 2.34. The van der Waals surface area contributed by atoms with Crippen LogP contribution in [0, 0.1) is 0 Å². The van der Waals surface area contributed by atoms with Crippen LogP contribution in [0.25, 0.3) is 6.08 Å². The molecule has 0 aliphatic rings. The van der Waals surface area contributed by atoms with Gasteiger partial charge in [0.1, 0.15) is 11.5 Å². The minimum atomic E-state index is -2.55. The first-order valence-corrected chi connectivity index (χ1v) is 8.49. The van der Waals surface area contributed by atoms with Crippen molar-refractivity contribution in [2.75, 3.05) is 13.7 Å². The number of hydrogen-bond acceptors (Lipinski definition) is 4. The Hall–Kier alpha value is -2.34. The second kappa shape index (κ2) is 9.22. The summed E-state index contributed by atoms with van der Waals surface area (Å²) >= 11 is 0.386. The highest BCUT2D eigenvalue weighted by atomic mass is 32.2. The zero-order chi connectivity index (χ0) is 18.2. The van der Waals surface area contributed by atoms with Crippen LogP contribution in [0.3, 0.4) is 0 Å². The summed E-state index contributed by atoms with van der Waals surface area (Å²) in [5.41, 5.74) is 1.23. The average molecular weight is 364 g/mol. The normalized spacial score (nSPS) is 11.1. The van der Waals surface area contributed by atoms with Crippen molar-refractivity contribution in [1.82, 2.24) is 0 Å². The molecular weight excluding hydrogens is 346 g/mol. The summed E-state index contributed by atoms with van der Waals surface area (Å²) in [6, 6.07) is 11.8. The number of alkyl halides is 2. The first kappa shape index (κ1) is 19.0. The average Bonchev–Trinajstić information content (AvgIpc) is 2.61. The number of hydrogen-bond donors (Lipinski definition) is 0. The van der Waals surface area contributed by atoms with Crippen molar-refractivity contribution in [2.45, 2.75) is 17.6 Å². The summed E-state index contributed by atoms with van der Waals surface area (Å²) in [5.74, 6) is -1.76.